The molecule has 0 aromatic rings. The summed E-state index contributed by atoms with van der Waals surface area (Å²) in [5.41, 5.74) is 0. The standard InChI is InChI=1S/C18H26O2/c1-2-3-4-5-6-7-8-9-10-11-12-13-14-15-16-17-18(19)20/h8-17H,2-7H2,1H3,(H,19,20)/b9-8+,11-10+,13-12+,15-14+,17-16+. The number of hydrogen-bond donors (Lipinski definition) is 1. The van der Waals surface area contributed by atoms with E-state index in [1.807, 2.05) is 24.3 Å². The van der Waals surface area contributed by atoms with Crippen molar-refractivity contribution in [3.63, 3.8) is 0 Å². The van der Waals surface area contributed by atoms with Crippen LogP contribution in [0.4, 0.5) is 0 Å². The van der Waals surface area contributed by atoms with Gasteiger partial charge in [-0.1, -0.05) is 87.3 Å². The van der Waals surface area contributed by atoms with Crippen molar-refractivity contribution in [3.05, 3.63) is 60.8 Å². The van der Waals surface area contributed by atoms with Gasteiger partial charge in [0.15, 0.2) is 0 Å². The molecule has 0 amide bonds. The fraction of sp³-hybridized carbons (Fsp3) is 0.389. The summed E-state index contributed by atoms with van der Waals surface area (Å²) in [6.07, 6.45) is 25.8. The quantitative estimate of drug-likeness (QED) is 0.319. The van der Waals surface area contributed by atoms with Crippen LogP contribution in [0.1, 0.15) is 45.4 Å². The highest BCUT2D eigenvalue weighted by molar-refractivity contribution is 5.80. The zero-order chi connectivity index (χ0) is 14.9. The van der Waals surface area contributed by atoms with Crippen molar-refractivity contribution in [2.45, 2.75) is 45.4 Å². The summed E-state index contributed by atoms with van der Waals surface area (Å²) in [4.78, 5) is 10.2. The van der Waals surface area contributed by atoms with Gasteiger partial charge in [0.25, 0.3) is 0 Å². The monoisotopic (exact) mass is 274 g/mol. The van der Waals surface area contributed by atoms with Gasteiger partial charge in [-0.2, -0.15) is 0 Å². The van der Waals surface area contributed by atoms with E-state index < -0.39 is 5.97 Å². The van der Waals surface area contributed by atoms with E-state index in [-0.39, 0.29) is 0 Å². The molecule has 2 heteroatoms. The van der Waals surface area contributed by atoms with Gasteiger partial charge in [-0.05, 0) is 12.8 Å². The summed E-state index contributed by atoms with van der Waals surface area (Å²) < 4.78 is 0. The first-order valence-electron chi connectivity index (χ1n) is 7.33. The molecular weight excluding hydrogens is 248 g/mol. The number of allylic oxidation sites excluding steroid dienone is 9. The molecule has 0 heterocycles. The van der Waals surface area contributed by atoms with E-state index in [0.29, 0.717) is 0 Å². The zero-order valence-electron chi connectivity index (χ0n) is 12.4. The predicted molar refractivity (Wildman–Crippen MR) is 86.7 cm³/mol. The van der Waals surface area contributed by atoms with Gasteiger partial charge >= 0.3 is 5.97 Å². The van der Waals surface area contributed by atoms with Crippen LogP contribution in [-0.4, -0.2) is 11.1 Å². The average molecular weight is 274 g/mol. The molecule has 0 saturated heterocycles. The summed E-state index contributed by atoms with van der Waals surface area (Å²) in [7, 11) is 0. The summed E-state index contributed by atoms with van der Waals surface area (Å²) in [6.45, 7) is 2.23. The van der Waals surface area contributed by atoms with Crippen molar-refractivity contribution in [1.82, 2.24) is 0 Å². The van der Waals surface area contributed by atoms with Crippen LogP contribution in [0.2, 0.25) is 0 Å². The van der Waals surface area contributed by atoms with E-state index in [0.717, 1.165) is 12.5 Å². The molecule has 0 aliphatic rings. The maximum absolute atomic E-state index is 10.2. The molecule has 110 valence electrons. The topological polar surface area (TPSA) is 37.3 Å². The molecule has 0 atom stereocenters. The van der Waals surface area contributed by atoms with Crippen molar-refractivity contribution in [1.29, 1.82) is 0 Å². The highest BCUT2D eigenvalue weighted by Crippen LogP contribution is 2.05. The van der Waals surface area contributed by atoms with Crippen LogP contribution in [-0.2, 0) is 4.79 Å². The van der Waals surface area contributed by atoms with Gasteiger partial charge in [0.05, 0.1) is 0 Å². The van der Waals surface area contributed by atoms with Crippen molar-refractivity contribution >= 4 is 5.97 Å². The van der Waals surface area contributed by atoms with Crippen LogP contribution in [0, 0.1) is 0 Å². The van der Waals surface area contributed by atoms with Crippen LogP contribution < -0.4 is 0 Å². The normalized spacial score (nSPS) is 12.8. The molecule has 0 radical (unpaired) electrons. The van der Waals surface area contributed by atoms with Gasteiger partial charge in [0.1, 0.15) is 0 Å². The third kappa shape index (κ3) is 16.2. The van der Waals surface area contributed by atoms with Crippen molar-refractivity contribution < 1.29 is 9.90 Å². The fourth-order valence-electron chi connectivity index (χ4n) is 1.56. The molecule has 20 heavy (non-hydrogen) atoms. The molecule has 0 aromatic carbocycles. The average Bonchev–Trinajstić information content (AvgIpc) is 2.43. The SMILES string of the molecule is CCCCCCC/C=C/C=C/C=C/C=C/C=C/C(=O)O. The Hall–Kier alpha value is -1.83. The van der Waals surface area contributed by atoms with Crippen LogP contribution in [0.3, 0.4) is 0 Å². The second kappa shape index (κ2) is 15.2. The predicted octanol–water partition coefficient (Wildman–Crippen LogP) is 5.21. The van der Waals surface area contributed by atoms with Crippen LogP contribution in [0.15, 0.2) is 60.8 Å². The maximum atomic E-state index is 10.2. The molecule has 2 nitrogen and oxygen atoms in total. The first-order chi connectivity index (χ1) is 9.77. The zero-order valence-corrected chi connectivity index (χ0v) is 12.4. The number of carbonyl (C=O) groups is 1. The lowest BCUT2D eigenvalue weighted by Gasteiger charge is -1.95. The minimum Gasteiger partial charge on any atom is -0.478 e. The molecule has 0 spiro atoms. The lowest BCUT2D eigenvalue weighted by atomic mass is 10.1. The van der Waals surface area contributed by atoms with Crippen LogP contribution in [0.5, 0.6) is 0 Å². The number of carboxylic acids is 1. The lowest BCUT2D eigenvalue weighted by Crippen LogP contribution is -1.84. The van der Waals surface area contributed by atoms with Gasteiger partial charge in [-0.3, -0.25) is 0 Å². The van der Waals surface area contributed by atoms with E-state index in [1.54, 1.807) is 12.2 Å². The van der Waals surface area contributed by atoms with Gasteiger partial charge in [0, 0.05) is 6.08 Å². The molecule has 0 saturated carbocycles. The second-order valence-corrected chi connectivity index (χ2v) is 4.48. The molecule has 0 rings (SSSR count). The second-order valence-electron chi connectivity index (χ2n) is 4.48. The van der Waals surface area contributed by atoms with Crippen LogP contribution in [0.25, 0.3) is 0 Å². The van der Waals surface area contributed by atoms with Crippen molar-refractivity contribution in [2.24, 2.45) is 0 Å². The summed E-state index contributed by atoms with van der Waals surface area (Å²) in [6, 6.07) is 0. The molecule has 0 bridgehead atoms. The molecular formula is C18H26O2. The smallest absolute Gasteiger partial charge is 0.328 e. The molecule has 0 aliphatic heterocycles. The highest BCUT2D eigenvalue weighted by Gasteiger charge is 1.85. The number of hydrogen-bond acceptors (Lipinski definition) is 1. The molecule has 0 aliphatic carbocycles. The third-order valence-electron chi connectivity index (χ3n) is 2.63. The van der Waals surface area contributed by atoms with Gasteiger partial charge in [-0.15, -0.1) is 0 Å². The summed E-state index contributed by atoms with van der Waals surface area (Å²) in [5.74, 6) is -0.932. The minimum atomic E-state index is -0.932. The van der Waals surface area contributed by atoms with Gasteiger partial charge in [0.2, 0.25) is 0 Å². The number of aliphatic carboxylic acids is 1. The van der Waals surface area contributed by atoms with E-state index in [9.17, 15) is 4.79 Å². The largest absolute Gasteiger partial charge is 0.478 e. The van der Waals surface area contributed by atoms with Gasteiger partial charge in [-0.25, -0.2) is 4.79 Å². The Balaban J connectivity index is 3.57. The Morgan fingerprint density at radius 3 is 1.95 bits per heavy atom. The number of rotatable bonds is 11. The lowest BCUT2D eigenvalue weighted by molar-refractivity contribution is -0.131. The maximum Gasteiger partial charge on any atom is 0.328 e. The van der Waals surface area contributed by atoms with Crippen molar-refractivity contribution in [2.75, 3.05) is 0 Å². The van der Waals surface area contributed by atoms with E-state index in [1.165, 1.54) is 38.2 Å². The highest BCUT2D eigenvalue weighted by atomic mass is 16.4. The first-order valence-corrected chi connectivity index (χ1v) is 7.33. The Morgan fingerprint density at radius 2 is 1.35 bits per heavy atom. The number of carboxylic acid groups (broad SMARTS) is 1. The van der Waals surface area contributed by atoms with E-state index in [2.05, 4.69) is 19.1 Å². The molecule has 1 N–H and O–H groups in total. The van der Waals surface area contributed by atoms with Crippen molar-refractivity contribution in [3.8, 4) is 0 Å². The van der Waals surface area contributed by atoms with E-state index >= 15 is 0 Å². The number of unbranched alkanes of at least 4 members (excludes halogenated alkanes) is 5. The van der Waals surface area contributed by atoms with Gasteiger partial charge < -0.3 is 5.11 Å². The van der Waals surface area contributed by atoms with E-state index in [4.69, 9.17) is 5.11 Å². The third-order valence-corrected chi connectivity index (χ3v) is 2.63. The Labute approximate surface area is 122 Å². The van der Waals surface area contributed by atoms with Crippen LogP contribution >= 0.6 is 0 Å². The molecule has 0 unspecified atom stereocenters. The summed E-state index contributed by atoms with van der Waals surface area (Å²) in [5, 5.41) is 8.36. The molecule has 0 aromatic heterocycles. The molecule has 0 fully saturated rings. The minimum absolute atomic E-state index is 0.932. The first kappa shape index (κ1) is 18.2. The fourth-order valence-corrected chi connectivity index (χ4v) is 1.56. The summed E-state index contributed by atoms with van der Waals surface area (Å²) >= 11 is 0. The Morgan fingerprint density at radius 1 is 0.800 bits per heavy atom. The Bertz CT molecular complexity index is 371. The Kier molecular flexibility index (Phi) is 13.8.